The summed E-state index contributed by atoms with van der Waals surface area (Å²) in [5.74, 6) is 0. The number of carbonyl (C=O) groups excluding carboxylic acids is 2. The molecule has 0 heterocycles. The Morgan fingerprint density at radius 2 is 0.800 bits per heavy atom. The van der Waals surface area contributed by atoms with E-state index in [1.807, 2.05) is 13.6 Å². The first-order chi connectivity index (χ1) is 14.7. The third kappa shape index (κ3) is 135. The van der Waals surface area contributed by atoms with Crippen molar-refractivity contribution in [3.63, 3.8) is 0 Å². The van der Waals surface area contributed by atoms with Crippen LogP contribution in [0.2, 0.25) is 0 Å². The van der Waals surface area contributed by atoms with Gasteiger partial charge in [0.15, 0.2) is 0 Å². The topological polar surface area (TPSA) is 99.5 Å². The second-order valence-corrected chi connectivity index (χ2v) is 6.41. The normalized spacial score (nSPS) is 6.58. The van der Waals surface area contributed by atoms with Crippen molar-refractivity contribution in [1.82, 2.24) is 9.80 Å². The minimum absolute atomic E-state index is 0. The summed E-state index contributed by atoms with van der Waals surface area (Å²) in [6.07, 6.45) is 5.75. The first-order valence-corrected chi connectivity index (χ1v) is 11.1. The molecule has 0 atom stereocenters. The number of aliphatic hydroxyl groups excluding tert-OH is 2. The van der Waals surface area contributed by atoms with Crippen molar-refractivity contribution in [3.8, 4) is 0 Å². The van der Waals surface area contributed by atoms with Crippen LogP contribution in [0.1, 0.15) is 164 Å². The molecule has 0 aliphatic heterocycles. The molecule has 0 fully saturated rings. The predicted octanol–water partition coefficient (Wildman–Crippen LogP) is 11.1. The molecule has 0 aromatic carbocycles. The molecule has 0 spiro atoms. The fourth-order valence-corrected chi connectivity index (χ4v) is 2.34. The van der Waals surface area contributed by atoms with Crippen LogP contribution in [0.25, 0.3) is 0 Å². The molecule has 0 saturated heterocycles. The molecule has 0 radical (unpaired) electrons. The van der Waals surface area contributed by atoms with Gasteiger partial charge in [-0.2, -0.15) is 0 Å². The molecule has 0 rings (SSSR count). The summed E-state index contributed by atoms with van der Waals surface area (Å²) < 4.78 is 10.8. The first kappa shape index (κ1) is 129. The fraction of sp³-hybridized carbons (Fsp3) is 0.944. The van der Waals surface area contributed by atoms with Crippen molar-refractivity contribution in [2.24, 2.45) is 0 Å². The van der Waals surface area contributed by atoms with Crippen LogP contribution in [0, 0.1) is 0 Å². The van der Waals surface area contributed by atoms with E-state index >= 15 is 0 Å². The van der Waals surface area contributed by atoms with E-state index < -0.39 is 0 Å². The van der Waals surface area contributed by atoms with E-state index in [0.29, 0.717) is 26.5 Å². The van der Waals surface area contributed by atoms with Crippen LogP contribution >= 0.6 is 0 Å². The zero-order valence-electron chi connectivity index (χ0n) is 20.6. The van der Waals surface area contributed by atoms with Crippen LogP contribution in [0.15, 0.2) is 0 Å². The molecule has 45 heavy (non-hydrogen) atoms. The van der Waals surface area contributed by atoms with E-state index in [1.165, 1.54) is 19.3 Å². The van der Waals surface area contributed by atoms with Crippen LogP contribution in [0.5, 0.6) is 0 Å². The number of aliphatic hydroxyl groups is 2. The van der Waals surface area contributed by atoms with Crippen molar-refractivity contribution >= 4 is 13.6 Å². The summed E-state index contributed by atoms with van der Waals surface area (Å²) in [6.45, 7) is 20.5. The van der Waals surface area contributed by atoms with Crippen LogP contribution in [0.4, 0.5) is 0 Å². The number of nitrogens with zero attached hydrogens (tertiary/aromatic N) is 2. The van der Waals surface area contributed by atoms with E-state index in [-0.39, 0.29) is 132 Å². The number of unbranched alkanes of at least 4 members (excludes halogenated alkanes) is 1. The maximum Gasteiger partial charge on any atom is 0.106 e. The van der Waals surface area contributed by atoms with Crippen molar-refractivity contribution < 1.29 is 50.3 Å². The van der Waals surface area contributed by atoms with Gasteiger partial charge in [0.05, 0.1) is 26.6 Å². The maximum absolute atomic E-state index is 8.86. The van der Waals surface area contributed by atoms with Gasteiger partial charge in [-0.3, -0.25) is 4.90 Å². The van der Waals surface area contributed by atoms with Gasteiger partial charge in [0.2, 0.25) is 0 Å². The van der Waals surface area contributed by atoms with Crippen molar-refractivity contribution in [1.29, 1.82) is 0 Å². The molecule has 0 saturated carbocycles. The minimum Gasteiger partial charge on any atom is -0.395 e. The SMILES string of the molecule is C.C.C.C.C.C.C.C.C.C.C.C.C.C.C=O.C=O.CCCCN(CCC)CCO.CCCOCCN(CCO)COCCC.[W]. The van der Waals surface area contributed by atoms with Gasteiger partial charge in [0, 0.05) is 53.9 Å². The van der Waals surface area contributed by atoms with E-state index in [9.17, 15) is 0 Å². The summed E-state index contributed by atoms with van der Waals surface area (Å²) in [5.41, 5.74) is 0. The molecule has 9 heteroatoms. The standard InChI is InChI=1S/C11H25NO3.C9H21NO.2CH2O.14CH4.W/c1-3-8-14-10-6-12(5-7-13)11-15-9-4-2;1-3-5-7-10(6-4-2)8-9-11;2*1-2;;;;;;;;;;;;;;;/h13H,3-11H2,1-2H3;11H,3-9H2,1-2H3;2*1H2;14*1H4;. The monoisotopic (exact) mass is 847 g/mol. The summed E-state index contributed by atoms with van der Waals surface area (Å²) in [4.78, 5) is 20.4. The van der Waals surface area contributed by atoms with E-state index in [0.717, 1.165) is 52.2 Å². The molecule has 0 aliphatic carbocycles. The van der Waals surface area contributed by atoms with Crippen molar-refractivity contribution in [2.45, 2.75) is 164 Å². The molecule has 0 bridgehead atoms. The average Bonchev–Trinajstić information content (AvgIpc) is 2.78. The summed E-state index contributed by atoms with van der Waals surface area (Å²) in [5, 5.41) is 17.6. The minimum atomic E-state index is 0. The zero-order valence-corrected chi connectivity index (χ0v) is 23.5. The van der Waals surface area contributed by atoms with E-state index in [4.69, 9.17) is 29.3 Å². The second kappa shape index (κ2) is 142. The Bertz CT molecular complexity index is 280. The van der Waals surface area contributed by atoms with Crippen molar-refractivity contribution in [2.75, 3.05) is 72.5 Å². The van der Waals surface area contributed by atoms with Gasteiger partial charge >= 0.3 is 0 Å². The van der Waals surface area contributed by atoms with E-state index in [2.05, 4.69) is 37.5 Å². The van der Waals surface area contributed by atoms with Crippen LogP contribution in [-0.4, -0.2) is 106 Å². The van der Waals surface area contributed by atoms with Crippen LogP contribution in [-0.2, 0) is 40.1 Å². The Labute approximate surface area is 309 Å². The van der Waals surface area contributed by atoms with Gasteiger partial charge in [-0.1, -0.05) is 138 Å². The maximum atomic E-state index is 8.86. The van der Waals surface area contributed by atoms with Crippen molar-refractivity contribution in [3.05, 3.63) is 0 Å². The number of carbonyl (C=O) groups is 2. The fourth-order valence-electron chi connectivity index (χ4n) is 2.34. The number of hydrogen-bond donors (Lipinski definition) is 2. The molecule has 302 valence electrons. The third-order valence-electron chi connectivity index (χ3n) is 3.72. The van der Waals surface area contributed by atoms with Gasteiger partial charge in [0.1, 0.15) is 13.6 Å². The zero-order chi connectivity index (χ0) is 23.9. The summed E-state index contributed by atoms with van der Waals surface area (Å²) in [6, 6.07) is 0. The Hall–Kier alpha value is -0.212. The van der Waals surface area contributed by atoms with Gasteiger partial charge in [-0.05, 0) is 38.8 Å². The predicted molar refractivity (Wildman–Crippen MR) is 218 cm³/mol. The van der Waals surface area contributed by atoms with Crippen LogP contribution in [0.3, 0.4) is 0 Å². The number of ether oxygens (including phenoxy) is 2. The number of rotatable bonds is 18. The molecule has 0 aromatic heterocycles. The largest absolute Gasteiger partial charge is 0.395 e. The van der Waals surface area contributed by atoms with E-state index in [1.54, 1.807) is 0 Å². The molecule has 0 aliphatic rings. The van der Waals surface area contributed by atoms with Gasteiger partial charge in [-0.15, -0.1) is 0 Å². The Morgan fingerprint density at radius 1 is 0.444 bits per heavy atom. The molecular weight excluding hydrogens is 740 g/mol. The van der Waals surface area contributed by atoms with Gasteiger partial charge < -0.3 is 34.2 Å². The molecule has 0 amide bonds. The Kier molecular flexibility index (Phi) is 407. The summed E-state index contributed by atoms with van der Waals surface area (Å²) in [7, 11) is 0. The first-order valence-electron chi connectivity index (χ1n) is 11.1. The summed E-state index contributed by atoms with van der Waals surface area (Å²) >= 11 is 0. The Morgan fingerprint density at radius 3 is 1.11 bits per heavy atom. The molecular formula is C36H106N2O6W. The third-order valence-corrected chi connectivity index (χ3v) is 3.72. The van der Waals surface area contributed by atoms with Crippen LogP contribution < -0.4 is 0 Å². The molecule has 0 unspecified atom stereocenters. The molecule has 2 N–H and O–H groups in total. The molecule has 8 nitrogen and oxygen atoms in total. The van der Waals surface area contributed by atoms with Gasteiger partial charge in [-0.25, -0.2) is 0 Å². The smallest absolute Gasteiger partial charge is 0.106 e. The molecule has 0 aromatic rings. The number of hydrogen-bond acceptors (Lipinski definition) is 8. The average molecular weight is 847 g/mol. The Balaban J connectivity index is -0.0000000123. The van der Waals surface area contributed by atoms with Gasteiger partial charge in [0.25, 0.3) is 0 Å². The quantitative estimate of drug-likeness (QED) is 0.104. The second-order valence-electron chi connectivity index (χ2n) is 6.41.